The number of carboxylic acids is 1. The van der Waals surface area contributed by atoms with E-state index in [2.05, 4.69) is 0 Å². The number of likely N-dealkylation sites (tertiary alicyclic amines) is 1. The molecule has 0 unspecified atom stereocenters. The van der Waals surface area contributed by atoms with Gasteiger partial charge in [0.2, 0.25) is 0 Å². The minimum atomic E-state index is -0.828. The van der Waals surface area contributed by atoms with E-state index in [1.807, 2.05) is 0 Å². The Morgan fingerprint density at radius 3 is 2.40 bits per heavy atom. The van der Waals surface area contributed by atoms with Crippen molar-refractivity contribution in [3.05, 3.63) is 35.1 Å². The van der Waals surface area contributed by atoms with Crippen molar-refractivity contribution in [1.29, 1.82) is 0 Å². The molecule has 4 nitrogen and oxygen atoms in total. The van der Waals surface area contributed by atoms with E-state index in [1.165, 1.54) is 6.07 Å². The second kappa shape index (κ2) is 5.23. The summed E-state index contributed by atoms with van der Waals surface area (Å²) in [5, 5.41) is 9.15. The summed E-state index contributed by atoms with van der Waals surface area (Å²) in [5.41, 5.74) is 0.0423. The Kier molecular flexibility index (Phi) is 3.79. The van der Waals surface area contributed by atoms with E-state index >= 15 is 0 Å². The highest BCUT2D eigenvalue weighted by atomic mass is 19.1. The standard InChI is InChI=1S/C15H18FNO3/c1-10-3-4-11(9-12(10)16)13(18)17-7-5-15(2,6-8-17)14(19)20/h3-4,9H,5-8H2,1-2H3,(H,19,20). The average molecular weight is 279 g/mol. The second-order valence-electron chi connectivity index (χ2n) is 5.62. The zero-order chi connectivity index (χ0) is 14.9. The molecule has 1 aromatic carbocycles. The summed E-state index contributed by atoms with van der Waals surface area (Å²) >= 11 is 0. The number of nitrogens with zero attached hydrogens (tertiary/aromatic N) is 1. The maximum Gasteiger partial charge on any atom is 0.309 e. The minimum Gasteiger partial charge on any atom is -0.481 e. The van der Waals surface area contributed by atoms with Crippen molar-refractivity contribution in [3.63, 3.8) is 0 Å². The first-order valence-corrected chi connectivity index (χ1v) is 6.62. The van der Waals surface area contributed by atoms with Crippen LogP contribution in [0.15, 0.2) is 18.2 Å². The molecule has 108 valence electrons. The molecule has 1 aromatic rings. The van der Waals surface area contributed by atoms with Gasteiger partial charge in [-0.2, -0.15) is 0 Å². The van der Waals surface area contributed by atoms with Crippen molar-refractivity contribution in [2.45, 2.75) is 26.7 Å². The summed E-state index contributed by atoms with van der Waals surface area (Å²) < 4.78 is 13.5. The lowest BCUT2D eigenvalue weighted by molar-refractivity contribution is -0.150. The van der Waals surface area contributed by atoms with Gasteiger partial charge in [-0.05, 0) is 44.4 Å². The third kappa shape index (κ3) is 2.66. The van der Waals surface area contributed by atoms with Gasteiger partial charge in [-0.1, -0.05) is 6.07 Å². The predicted molar refractivity (Wildman–Crippen MR) is 72.0 cm³/mol. The van der Waals surface area contributed by atoms with E-state index in [9.17, 15) is 14.0 Å². The number of carbonyl (C=O) groups is 2. The van der Waals surface area contributed by atoms with E-state index in [4.69, 9.17) is 5.11 Å². The molecule has 1 aliphatic heterocycles. The van der Waals surface area contributed by atoms with Crippen LogP contribution in [0.3, 0.4) is 0 Å². The molecule has 0 atom stereocenters. The Hall–Kier alpha value is -1.91. The van der Waals surface area contributed by atoms with E-state index in [1.54, 1.807) is 30.9 Å². The lowest BCUT2D eigenvalue weighted by atomic mass is 9.80. The Balaban J connectivity index is 2.08. The fourth-order valence-electron chi connectivity index (χ4n) is 2.33. The Morgan fingerprint density at radius 2 is 1.90 bits per heavy atom. The normalized spacial score (nSPS) is 17.9. The Bertz CT molecular complexity index is 548. The number of carbonyl (C=O) groups excluding carboxylic acids is 1. The largest absolute Gasteiger partial charge is 0.481 e. The fraction of sp³-hybridized carbons (Fsp3) is 0.467. The second-order valence-corrected chi connectivity index (χ2v) is 5.62. The van der Waals surface area contributed by atoms with Crippen molar-refractivity contribution in [2.24, 2.45) is 5.41 Å². The molecule has 1 aliphatic rings. The van der Waals surface area contributed by atoms with Gasteiger partial charge in [0.1, 0.15) is 5.82 Å². The van der Waals surface area contributed by atoms with Crippen LogP contribution in [0.25, 0.3) is 0 Å². The van der Waals surface area contributed by atoms with E-state index < -0.39 is 17.2 Å². The highest BCUT2D eigenvalue weighted by Crippen LogP contribution is 2.31. The Labute approximate surface area is 117 Å². The lowest BCUT2D eigenvalue weighted by Crippen LogP contribution is -2.45. The summed E-state index contributed by atoms with van der Waals surface area (Å²) in [4.78, 5) is 25.0. The molecule has 0 aromatic heterocycles. The third-order valence-electron chi connectivity index (χ3n) is 4.09. The molecule has 1 fully saturated rings. The number of halogens is 1. The van der Waals surface area contributed by atoms with Crippen molar-refractivity contribution < 1.29 is 19.1 Å². The van der Waals surface area contributed by atoms with Gasteiger partial charge in [0.25, 0.3) is 5.91 Å². The van der Waals surface area contributed by atoms with Crippen LogP contribution in [0.5, 0.6) is 0 Å². The van der Waals surface area contributed by atoms with Crippen molar-refractivity contribution in [2.75, 3.05) is 13.1 Å². The van der Waals surface area contributed by atoms with Crippen LogP contribution in [0.1, 0.15) is 35.7 Å². The molecule has 0 bridgehead atoms. The van der Waals surface area contributed by atoms with Gasteiger partial charge < -0.3 is 10.0 Å². The molecular formula is C15H18FNO3. The molecule has 1 saturated heterocycles. The number of aliphatic carboxylic acids is 1. The molecule has 5 heteroatoms. The topological polar surface area (TPSA) is 57.6 Å². The van der Waals surface area contributed by atoms with Crippen LogP contribution in [0.2, 0.25) is 0 Å². The van der Waals surface area contributed by atoms with Crippen LogP contribution >= 0.6 is 0 Å². The number of rotatable bonds is 2. The molecule has 0 radical (unpaired) electrons. The van der Waals surface area contributed by atoms with Crippen molar-refractivity contribution in [3.8, 4) is 0 Å². The van der Waals surface area contributed by atoms with E-state index in [-0.39, 0.29) is 5.91 Å². The maximum absolute atomic E-state index is 13.5. The monoisotopic (exact) mass is 279 g/mol. The van der Waals surface area contributed by atoms with Crippen LogP contribution in [0.4, 0.5) is 4.39 Å². The Morgan fingerprint density at radius 1 is 1.30 bits per heavy atom. The quantitative estimate of drug-likeness (QED) is 0.904. The molecule has 0 aliphatic carbocycles. The average Bonchev–Trinajstić information content (AvgIpc) is 2.42. The number of carboxylic acid groups (broad SMARTS) is 1. The third-order valence-corrected chi connectivity index (χ3v) is 4.09. The molecular weight excluding hydrogens is 261 g/mol. The maximum atomic E-state index is 13.5. The molecule has 20 heavy (non-hydrogen) atoms. The predicted octanol–water partition coefficient (Wildman–Crippen LogP) is 2.46. The minimum absolute atomic E-state index is 0.240. The number of hydrogen-bond donors (Lipinski definition) is 1. The van der Waals surface area contributed by atoms with Gasteiger partial charge in [0.05, 0.1) is 5.41 Å². The lowest BCUT2D eigenvalue weighted by Gasteiger charge is -2.36. The first-order chi connectivity index (χ1) is 9.33. The molecule has 2 rings (SSSR count). The number of benzene rings is 1. The summed E-state index contributed by atoms with van der Waals surface area (Å²) in [6.07, 6.45) is 0.838. The van der Waals surface area contributed by atoms with E-state index in [0.717, 1.165) is 0 Å². The first kappa shape index (κ1) is 14.5. The number of hydrogen-bond acceptors (Lipinski definition) is 2. The summed E-state index contributed by atoms with van der Waals surface area (Å²) in [6.45, 7) is 4.11. The smallest absolute Gasteiger partial charge is 0.309 e. The molecule has 0 saturated carbocycles. The van der Waals surface area contributed by atoms with Gasteiger partial charge in [-0.3, -0.25) is 9.59 Å². The zero-order valence-corrected chi connectivity index (χ0v) is 11.6. The highest BCUT2D eigenvalue weighted by molar-refractivity contribution is 5.94. The van der Waals surface area contributed by atoms with Crippen LogP contribution in [-0.4, -0.2) is 35.0 Å². The van der Waals surface area contributed by atoms with Gasteiger partial charge >= 0.3 is 5.97 Å². The van der Waals surface area contributed by atoms with Crippen LogP contribution in [0, 0.1) is 18.2 Å². The van der Waals surface area contributed by atoms with Crippen LogP contribution < -0.4 is 0 Å². The molecule has 1 heterocycles. The van der Waals surface area contributed by atoms with Gasteiger partial charge in [0, 0.05) is 18.7 Å². The number of aryl methyl sites for hydroxylation is 1. The van der Waals surface area contributed by atoms with Gasteiger partial charge in [0.15, 0.2) is 0 Å². The summed E-state index contributed by atoms with van der Waals surface area (Å²) in [5.74, 6) is -1.47. The van der Waals surface area contributed by atoms with Crippen molar-refractivity contribution in [1.82, 2.24) is 4.90 Å². The summed E-state index contributed by atoms with van der Waals surface area (Å²) in [7, 11) is 0. The molecule has 0 spiro atoms. The number of amides is 1. The van der Waals surface area contributed by atoms with Crippen molar-refractivity contribution >= 4 is 11.9 Å². The first-order valence-electron chi connectivity index (χ1n) is 6.62. The SMILES string of the molecule is Cc1ccc(C(=O)N2CCC(C)(C(=O)O)CC2)cc1F. The van der Waals surface area contributed by atoms with Gasteiger partial charge in [-0.25, -0.2) is 4.39 Å². The fourth-order valence-corrected chi connectivity index (χ4v) is 2.33. The molecule has 1 amide bonds. The summed E-state index contributed by atoms with van der Waals surface area (Å²) in [6, 6.07) is 4.42. The van der Waals surface area contributed by atoms with Crippen LogP contribution in [-0.2, 0) is 4.79 Å². The zero-order valence-electron chi connectivity index (χ0n) is 11.6. The highest BCUT2D eigenvalue weighted by Gasteiger charge is 2.38. The van der Waals surface area contributed by atoms with Gasteiger partial charge in [-0.15, -0.1) is 0 Å². The van der Waals surface area contributed by atoms with E-state index in [0.29, 0.717) is 37.1 Å². The molecule has 1 N–H and O–H groups in total. The number of piperidine rings is 1.